The summed E-state index contributed by atoms with van der Waals surface area (Å²) in [5, 5.41) is 19.9. The molecule has 2 aromatic rings. The Hall–Kier alpha value is -2.13. The van der Waals surface area contributed by atoms with Gasteiger partial charge in [-0.3, -0.25) is 4.79 Å². The molecule has 2 atom stereocenters. The molecule has 47 heavy (non-hydrogen) atoms. The van der Waals surface area contributed by atoms with Gasteiger partial charge in [-0.2, -0.15) is 26.3 Å². The SMILES string of the molecule is O=C(N1CCC2(S(=O)(=O)c3ccc(Cl)c(Cl)c3)c3ccc(C(F)(C(F)(F)F)C(F)(F)F)cc3CCC12)C12CCC(C(O)O)(CC1)CC2. The molecule has 5 aliphatic rings. The molecule has 4 fully saturated rings. The van der Waals surface area contributed by atoms with Crippen LogP contribution in [0.4, 0.5) is 30.7 Å². The Kier molecular flexibility index (Phi) is 8.08. The predicted molar refractivity (Wildman–Crippen MR) is 156 cm³/mol. The maximum absolute atomic E-state index is 15.1. The van der Waals surface area contributed by atoms with E-state index in [2.05, 4.69) is 0 Å². The van der Waals surface area contributed by atoms with E-state index in [-0.39, 0.29) is 57.8 Å². The maximum Gasteiger partial charge on any atom is 0.435 e. The van der Waals surface area contributed by atoms with E-state index in [1.165, 1.54) is 17.0 Å². The summed E-state index contributed by atoms with van der Waals surface area (Å²) >= 11 is 12.2. The number of hydrogen-bond acceptors (Lipinski definition) is 5. The van der Waals surface area contributed by atoms with Crippen LogP contribution in [0.2, 0.25) is 10.0 Å². The average molecular weight is 733 g/mol. The van der Waals surface area contributed by atoms with Gasteiger partial charge in [0.1, 0.15) is 4.75 Å². The highest BCUT2D eigenvalue weighted by atomic mass is 35.5. The van der Waals surface area contributed by atoms with Crippen molar-refractivity contribution in [2.45, 2.75) is 97.8 Å². The summed E-state index contributed by atoms with van der Waals surface area (Å²) < 4.78 is 124. The smallest absolute Gasteiger partial charge is 0.368 e. The molecular weight excluding hydrogens is 702 g/mol. The zero-order chi connectivity index (χ0) is 34.6. The van der Waals surface area contributed by atoms with Crippen LogP contribution in [-0.2, 0) is 31.5 Å². The Labute approximate surface area is 275 Å². The summed E-state index contributed by atoms with van der Waals surface area (Å²) in [5.74, 6) is -0.327. The van der Waals surface area contributed by atoms with Crippen molar-refractivity contribution in [1.29, 1.82) is 0 Å². The molecule has 3 saturated carbocycles. The van der Waals surface area contributed by atoms with E-state index in [0.717, 1.165) is 12.1 Å². The number of carbonyl (C=O) groups excluding carboxylic acids is 1. The van der Waals surface area contributed by atoms with Crippen LogP contribution in [-0.4, -0.2) is 60.7 Å². The summed E-state index contributed by atoms with van der Waals surface area (Å²) in [5.41, 5.74) is -9.37. The van der Waals surface area contributed by atoms with E-state index in [1.54, 1.807) is 0 Å². The quantitative estimate of drug-likeness (QED) is 0.252. The van der Waals surface area contributed by atoms with Crippen molar-refractivity contribution in [2.75, 3.05) is 6.54 Å². The lowest BCUT2D eigenvalue weighted by Gasteiger charge is -2.54. The highest BCUT2D eigenvalue weighted by molar-refractivity contribution is 7.92. The number of carbonyl (C=O) groups is 1. The molecule has 1 saturated heterocycles. The van der Waals surface area contributed by atoms with Gasteiger partial charge in [0, 0.05) is 22.9 Å². The normalized spacial score (nSPS) is 29.6. The fourth-order valence-electron chi connectivity index (χ4n) is 8.55. The molecule has 1 heterocycles. The third kappa shape index (κ3) is 4.78. The number of halogens is 9. The first-order chi connectivity index (χ1) is 21.7. The Balaban J connectivity index is 1.48. The lowest BCUT2D eigenvalue weighted by Crippen LogP contribution is -2.58. The molecule has 2 bridgehead atoms. The molecule has 2 N–H and O–H groups in total. The van der Waals surface area contributed by atoms with Crippen molar-refractivity contribution in [2.24, 2.45) is 10.8 Å². The molecule has 1 aliphatic heterocycles. The minimum absolute atomic E-state index is 0.0351. The fourth-order valence-corrected chi connectivity index (χ4v) is 11.3. The molecule has 1 amide bonds. The first-order valence-electron chi connectivity index (χ1n) is 15.0. The van der Waals surface area contributed by atoms with Crippen molar-refractivity contribution < 1.29 is 54.2 Å². The number of alkyl halides is 7. The summed E-state index contributed by atoms with van der Waals surface area (Å²) in [6, 6.07) is 4.01. The molecule has 258 valence electrons. The van der Waals surface area contributed by atoms with Crippen LogP contribution in [0, 0.1) is 10.8 Å². The number of hydrogen-bond donors (Lipinski definition) is 2. The van der Waals surface area contributed by atoms with Gasteiger partial charge in [-0.15, -0.1) is 0 Å². The van der Waals surface area contributed by atoms with Gasteiger partial charge in [0.05, 0.1) is 21.0 Å². The molecule has 16 heteroatoms. The van der Waals surface area contributed by atoms with Gasteiger partial charge in [0.25, 0.3) is 0 Å². The summed E-state index contributed by atoms with van der Waals surface area (Å²) in [7, 11) is -4.59. The minimum Gasteiger partial charge on any atom is -0.368 e. The Morgan fingerprint density at radius 1 is 0.851 bits per heavy atom. The second-order valence-corrected chi connectivity index (χ2v) is 16.3. The Morgan fingerprint density at radius 3 is 1.98 bits per heavy atom. The number of aryl methyl sites for hydroxylation is 1. The molecule has 7 rings (SSSR count). The number of amides is 1. The lowest BCUT2D eigenvalue weighted by atomic mass is 9.53. The number of aliphatic hydroxyl groups is 2. The molecule has 0 spiro atoms. The van der Waals surface area contributed by atoms with E-state index >= 15 is 4.39 Å². The second kappa shape index (κ2) is 10.9. The van der Waals surface area contributed by atoms with Crippen molar-refractivity contribution >= 4 is 38.9 Å². The number of aliphatic hydroxyl groups excluding tert-OH is 1. The maximum atomic E-state index is 15.1. The molecule has 0 radical (unpaired) electrons. The average Bonchev–Trinajstić information content (AvgIpc) is 3.42. The van der Waals surface area contributed by atoms with E-state index in [9.17, 15) is 49.8 Å². The van der Waals surface area contributed by atoms with Crippen molar-refractivity contribution in [1.82, 2.24) is 4.90 Å². The van der Waals surface area contributed by atoms with Gasteiger partial charge in [-0.25, -0.2) is 12.8 Å². The van der Waals surface area contributed by atoms with Crippen LogP contribution < -0.4 is 0 Å². The summed E-state index contributed by atoms with van der Waals surface area (Å²) in [6.07, 6.45) is -12.8. The van der Waals surface area contributed by atoms with Crippen LogP contribution in [0.3, 0.4) is 0 Å². The van der Waals surface area contributed by atoms with Crippen LogP contribution >= 0.6 is 23.2 Å². The molecule has 6 nitrogen and oxygen atoms in total. The highest BCUT2D eigenvalue weighted by Crippen LogP contribution is 2.61. The van der Waals surface area contributed by atoms with Crippen molar-refractivity contribution in [3.05, 3.63) is 63.1 Å². The predicted octanol–water partition coefficient (Wildman–Crippen LogP) is 7.15. The van der Waals surface area contributed by atoms with Crippen molar-refractivity contribution in [3.63, 3.8) is 0 Å². The highest BCUT2D eigenvalue weighted by Gasteiger charge is 2.74. The van der Waals surface area contributed by atoms with Crippen LogP contribution in [0.25, 0.3) is 0 Å². The van der Waals surface area contributed by atoms with Crippen LogP contribution in [0.1, 0.15) is 68.1 Å². The Morgan fingerprint density at radius 2 is 1.45 bits per heavy atom. The summed E-state index contributed by atoms with van der Waals surface area (Å²) in [4.78, 5) is 15.5. The Bertz CT molecular complexity index is 1690. The largest absolute Gasteiger partial charge is 0.435 e. The third-order valence-corrected chi connectivity index (χ3v) is 14.6. The topological polar surface area (TPSA) is 94.9 Å². The molecular formula is C31H30Cl2F7NO5S. The zero-order valence-corrected chi connectivity index (χ0v) is 26.9. The van der Waals surface area contributed by atoms with Gasteiger partial charge in [0.15, 0.2) is 16.1 Å². The molecule has 0 aromatic heterocycles. The van der Waals surface area contributed by atoms with E-state index in [4.69, 9.17) is 23.2 Å². The molecule has 2 unspecified atom stereocenters. The van der Waals surface area contributed by atoms with Gasteiger partial charge in [-0.05, 0) is 87.1 Å². The molecule has 2 aromatic carbocycles. The summed E-state index contributed by atoms with van der Waals surface area (Å²) in [6.45, 7) is -0.0844. The van der Waals surface area contributed by atoms with E-state index < -0.39 is 61.3 Å². The number of likely N-dealkylation sites (tertiary alicyclic amines) is 1. The lowest BCUT2D eigenvalue weighted by molar-refractivity contribution is -0.348. The van der Waals surface area contributed by atoms with Crippen molar-refractivity contribution in [3.8, 4) is 0 Å². The molecule has 4 aliphatic carbocycles. The first kappa shape index (κ1) is 34.7. The number of rotatable bonds is 5. The minimum atomic E-state index is -6.36. The second-order valence-electron chi connectivity index (χ2n) is 13.3. The van der Waals surface area contributed by atoms with E-state index in [0.29, 0.717) is 50.7 Å². The monoisotopic (exact) mass is 731 g/mol. The first-order valence-corrected chi connectivity index (χ1v) is 17.2. The number of fused-ring (bicyclic) bond motifs is 6. The van der Waals surface area contributed by atoms with E-state index in [1.807, 2.05) is 0 Å². The fraction of sp³-hybridized carbons (Fsp3) is 0.581. The van der Waals surface area contributed by atoms with Gasteiger partial charge >= 0.3 is 18.0 Å². The van der Waals surface area contributed by atoms with Gasteiger partial charge < -0.3 is 15.1 Å². The number of benzene rings is 2. The number of nitrogens with zero attached hydrogens (tertiary/aromatic N) is 1. The zero-order valence-electron chi connectivity index (χ0n) is 24.6. The van der Waals surface area contributed by atoms with Gasteiger partial charge in [0.2, 0.25) is 5.91 Å². The van der Waals surface area contributed by atoms with Crippen LogP contribution in [0.5, 0.6) is 0 Å². The standard InChI is InChI=1S/C31H30Cl2F7NO5S/c32-21-5-3-19(16-22(21)33)47(45,46)28-13-14-41(24(42)26-7-10-27(11-8-26,12-9-26)25(43)44)23(28)6-1-17-15-18(2-4-20(17)28)29(34,30(35,36)37)31(38,39)40/h2-5,15-16,23,25,43-44H,1,6-14H2. The third-order valence-electron chi connectivity index (χ3n) is 11.3. The van der Waals surface area contributed by atoms with Crippen LogP contribution in [0.15, 0.2) is 41.3 Å². The number of sulfone groups is 1. The van der Waals surface area contributed by atoms with Gasteiger partial charge in [-0.1, -0.05) is 41.4 Å².